The molecular weight excluding hydrogens is 262 g/mol. The molecule has 1 aromatic heterocycles. The van der Waals surface area contributed by atoms with Crippen LogP contribution in [0.2, 0.25) is 0 Å². The minimum atomic E-state index is 0.629. The Morgan fingerprint density at radius 2 is 2.00 bits per heavy atom. The van der Waals surface area contributed by atoms with Crippen molar-refractivity contribution in [1.82, 2.24) is 15.1 Å². The summed E-state index contributed by atoms with van der Waals surface area (Å²) in [5.41, 5.74) is 2.35. The third-order valence-corrected chi connectivity index (χ3v) is 3.25. The predicted octanol–water partition coefficient (Wildman–Crippen LogP) is 3.02. The van der Waals surface area contributed by atoms with E-state index in [2.05, 4.69) is 37.4 Å². The standard InChI is InChI=1S/C17H25N3O/c1-14(2)11-18-12-16-13-20(19-15(16)3)9-10-21-17-7-5-4-6-8-17/h4-8,13-14,18H,9-12H2,1-3H3. The topological polar surface area (TPSA) is 39.1 Å². The molecule has 1 heterocycles. The number of nitrogens with one attached hydrogen (secondary N) is 1. The van der Waals surface area contributed by atoms with Gasteiger partial charge in [0, 0.05) is 18.3 Å². The normalized spacial score (nSPS) is 11.0. The molecule has 0 spiro atoms. The Morgan fingerprint density at radius 3 is 2.71 bits per heavy atom. The maximum absolute atomic E-state index is 5.70. The molecule has 1 N–H and O–H groups in total. The van der Waals surface area contributed by atoms with Crippen molar-refractivity contribution in [3.8, 4) is 5.75 Å². The van der Waals surface area contributed by atoms with E-state index in [0.717, 1.165) is 31.1 Å². The second-order valence-corrected chi connectivity index (χ2v) is 5.69. The highest BCUT2D eigenvalue weighted by Crippen LogP contribution is 2.09. The summed E-state index contributed by atoms with van der Waals surface area (Å²) < 4.78 is 7.66. The molecule has 21 heavy (non-hydrogen) atoms. The van der Waals surface area contributed by atoms with E-state index in [4.69, 9.17) is 4.74 Å². The summed E-state index contributed by atoms with van der Waals surface area (Å²) in [5, 5.41) is 7.99. The van der Waals surface area contributed by atoms with Gasteiger partial charge in [-0.1, -0.05) is 32.0 Å². The van der Waals surface area contributed by atoms with Gasteiger partial charge in [0.05, 0.1) is 12.2 Å². The van der Waals surface area contributed by atoms with Crippen molar-refractivity contribution in [1.29, 1.82) is 0 Å². The molecule has 4 nitrogen and oxygen atoms in total. The van der Waals surface area contributed by atoms with Crippen LogP contribution in [0.3, 0.4) is 0 Å². The van der Waals surface area contributed by atoms with Crippen molar-refractivity contribution in [3.63, 3.8) is 0 Å². The smallest absolute Gasteiger partial charge is 0.119 e. The van der Waals surface area contributed by atoms with E-state index in [-0.39, 0.29) is 0 Å². The van der Waals surface area contributed by atoms with Crippen LogP contribution >= 0.6 is 0 Å². The van der Waals surface area contributed by atoms with Crippen LogP contribution in [0, 0.1) is 12.8 Å². The van der Waals surface area contributed by atoms with Gasteiger partial charge in [0.2, 0.25) is 0 Å². The summed E-state index contributed by atoms with van der Waals surface area (Å²) in [4.78, 5) is 0. The van der Waals surface area contributed by atoms with Crippen molar-refractivity contribution in [2.45, 2.75) is 33.9 Å². The second-order valence-electron chi connectivity index (χ2n) is 5.69. The Kier molecular flexibility index (Phi) is 5.81. The molecular formula is C17H25N3O. The summed E-state index contributed by atoms with van der Waals surface area (Å²) in [6, 6.07) is 9.88. The first kappa shape index (κ1) is 15.6. The van der Waals surface area contributed by atoms with Crippen molar-refractivity contribution in [2.24, 2.45) is 5.92 Å². The van der Waals surface area contributed by atoms with Gasteiger partial charge in [-0.05, 0) is 31.5 Å². The fourth-order valence-electron chi connectivity index (χ4n) is 2.12. The zero-order valence-electron chi connectivity index (χ0n) is 13.2. The summed E-state index contributed by atoms with van der Waals surface area (Å²) in [7, 11) is 0. The zero-order chi connectivity index (χ0) is 15.1. The Bertz CT molecular complexity index is 534. The van der Waals surface area contributed by atoms with Gasteiger partial charge in [-0.15, -0.1) is 0 Å². The number of hydrogen-bond donors (Lipinski definition) is 1. The molecule has 2 aromatic rings. The van der Waals surface area contributed by atoms with Crippen LogP contribution in [0.4, 0.5) is 0 Å². The molecule has 0 amide bonds. The minimum absolute atomic E-state index is 0.629. The van der Waals surface area contributed by atoms with Gasteiger partial charge in [-0.3, -0.25) is 4.68 Å². The van der Waals surface area contributed by atoms with Crippen molar-refractivity contribution in [2.75, 3.05) is 13.2 Å². The molecule has 114 valence electrons. The molecule has 1 aromatic carbocycles. The maximum Gasteiger partial charge on any atom is 0.119 e. The number of aromatic nitrogens is 2. The highest BCUT2D eigenvalue weighted by Gasteiger charge is 2.05. The Morgan fingerprint density at radius 1 is 1.24 bits per heavy atom. The molecule has 0 aliphatic rings. The Hall–Kier alpha value is -1.81. The average Bonchev–Trinajstić information content (AvgIpc) is 2.80. The average molecular weight is 287 g/mol. The van der Waals surface area contributed by atoms with E-state index in [9.17, 15) is 0 Å². The lowest BCUT2D eigenvalue weighted by Crippen LogP contribution is -2.19. The predicted molar refractivity (Wildman–Crippen MR) is 85.4 cm³/mol. The SMILES string of the molecule is Cc1nn(CCOc2ccccc2)cc1CNCC(C)C. The highest BCUT2D eigenvalue weighted by atomic mass is 16.5. The fraction of sp³-hybridized carbons (Fsp3) is 0.471. The Labute approximate surface area is 127 Å². The first-order valence-electron chi connectivity index (χ1n) is 7.56. The number of aryl methyl sites for hydroxylation is 1. The molecule has 0 saturated carbocycles. The van der Waals surface area contributed by atoms with Crippen molar-refractivity contribution in [3.05, 3.63) is 47.8 Å². The van der Waals surface area contributed by atoms with Crippen LogP contribution < -0.4 is 10.1 Å². The lowest BCUT2D eigenvalue weighted by atomic mass is 10.2. The third-order valence-electron chi connectivity index (χ3n) is 3.25. The maximum atomic E-state index is 5.70. The van der Waals surface area contributed by atoms with Crippen LogP contribution in [-0.2, 0) is 13.1 Å². The molecule has 0 aliphatic heterocycles. The minimum Gasteiger partial charge on any atom is -0.492 e. The van der Waals surface area contributed by atoms with Gasteiger partial charge in [-0.2, -0.15) is 5.10 Å². The largest absolute Gasteiger partial charge is 0.492 e. The molecule has 0 unspecified atom stereocenters. The lowest BCUT2D eigenvalue weighted by molar-refractivity contribution is 0.291. The molecule has 0 aliphatic carbocycles. The molecule has 0 radical (unpaired) electrons. The fourth-order valence-corrected chi connectivity index (χ4v) is 2.12. The third kappa shape index (κ3) is 5.23. The van der Waals surface area contributed by atoms with E-state index in [1.807, 2.05) is 35.0 Å². The molecule has 0 atom stereocenters. The summed E-state index contributed by atoms with van der Waals surface area (Å²) in [5.74, 6) is 1.57. The molecule has 4 heteroatoms. The summed E-state index contributed by atoms with van der Waals surface area (Å²) in [6.07, 6.45) is 2.11. The van der Waals surface area contributed by atoms with E-state index in [1.165, 1.54) is 5.56 Å². The monoisotopic (exact) mass is 287 g/mol. The molecule has 0 bridgehead atoms. The quantitative estimate of drug-likeness (QED) is 0.811. The van der Waals surface area contributed by atoms with Gasteiger partial charge in [0.15, 0.2) is 0 Å². The number of nitrogens with zero attached hydrogens (tertiary/aromatic N) is 2. The van der Waals surface area contributed by atoms with Crippen molar-refractivity contribution >= 4 is 0 Å². The van der Waals surface area contributed by atoms with E-state index >= 15 is 0 Å². The molecule has 2 rings (SSSR count). The zero-order valence-corrected chi connectivity index (χ0v) is 13.2. The van der Waals surface area contributed by atoms with E-state index < -0.39 is 0 Å². The number of hydrogen-bond acceptors (Lipinski definition) is 3. The van der Waals surface area contributed by atoms with Crippen molar-refractivity contribution < 1.29 is 4.74 Å². The van der Waals surface area contributed by atoms with Gasteiger partial charge >= 0.3 is 0 Å². The number of benzene rings is 1. The number of rotatable bonds is 8. The summed E-state index contributed by atoms with van der Waals surface area (Å²) >= 11 is 0. The Balaban J connectivity index is 1.79. The van der Waals surface area contributed by atoms with Crippen LogP contribution in [0.25, 0.3) is 0 Å². The van der Waals surface area contributed by atoms with Gasteiger partial charge in [-0.25, -0.2) is 0 Å². The summed E-state index contributed by atoms with van der Waals surface area (Å²) in [6.45, 7) is 9.78. The van der Waals surface area contributed by atoms with Gasteiger partial charge < -0.3 is 10.1 Å². The van der Waals surface area contributed by atoms with Crippen LogP contribution in [0.15, 0.2) is 36.5 Å². The first-order chi connectivity index (χ1) is 10.1. The van der Waals surface area contributed by atoms with Gasteiger partial charge in [0.25, 0.3) is 0 Å². The molecule has 0 fully saturated rings. The molecule has 0 saturated heterocycles. The van der Waals surface area contributed by atoms with Crippen LogP contribution in [0.5, 0.6) is 5.75 Å². The van der Waals surface area contributed by atoms with Crippen LogP contribution in [0.1, 0.15) is 25.1 Å². The van der Waals surface area contributed by atoms with Crippen LogP contribution in [-0.4, -0.2) is 22.9 Å². The number of ether oxygens (including phenoxy) is 1. The first-order valence-corrected chi connectivity index (χ1v) is 7.56. The second kappa shape index (κ2) is 7.84. The van der Waals surface area contributed by atoms with E-state index in [1.54, 1.807) is 0 Å². The van der Waals surface area contributed by atoms with Gasteiger partial charge in [0.1, 0.15) is 12.4 Å². The van der Waals surface area contributed by atoms with E-state index in [0.29, 0.717) is 12.5 Å². The highest BCUT2D eigenvalue weighted by molar-refractivity contribution is 5.20. The number of para-hydroxylation sites is 1. The lowest BCUT2D eigenvalue weighted by Gasteiger charge is -2.06.